The molecule has 0 saturated heterocycles. The second-order valence-electron chi connectivity index (χ2n) is 2.92. The van der Waals surface area contributed by atoms with Crippen molar-refractivity contribution in [3.63, 3.8) is 0 Å². The monoisotopic (exact) mass is 138 g/mol. The Morgan fingerprint density at radius 2 is 1.60 bits per heavy atom. The smallest absolute Gasteiger partial charge is 0.0373 e. The lowest BCUT2D eigenvalue weighted by molar-refractivity contribution is 1.15. The minimum atomic E-state index is 1.14. The van der Waals surface area contributed by atoms with Crippen LogP contribution in [0, 0.1) is 0 Å². The van der Waals surface area contributed by atoms with Gasteiger partial charge in [0.2, 0.25) is 0 Å². The van der Waals surface area contributed by atoms with Crippen molar-refractivity contribution >= 4 is 0 Å². The summed E-state index contributed by atoms with van der Waals surface area (Å²) >= 11 is 0. The largest absolute Gasteiger partial charge is 0.0816 e. The fraction of sp³-hybridized carbons (Fsp3) is 0.600. The molecule has 0 radical (unpaired) electrons. The van der Waals surface area contributed by atoms with Crippen molar-refractivity contribution in [3.05, 3.63) is 22.8 Å². The quantitative estimate of drug-likeness (QED) is 0.510. The summed E-state index contributed by atoms with van der Waals surface area (Å²) in [6, 6.07) is 0. The second-order valence-corrected chi connectivity index (χ2v) is 2.92. The topological polar surface area (TPSA) is 0 Å². The predicted octanol–water partition coefficient (Wildman–Crippen LogP) is 3.70. The van der Waals surface area contributed by atoms with Gasteiger partial charge in [-0.3, -0.25) is 0 Å². The van der Waals surface area contributed by atoms with Gasteiger partial charge in [-0.15, -0.1) is 0 Å². The van der Waals surface area contributed by atoms with E-state index in [1.165, 1.54) is 16.7 Å². The fourth-order valence-corrected chi connectivity index (χ4v) is 0.854. The molecule has 0 amide bonds. The summed E-state index contributed by atoms with van der Waals surface area (Å²) in [5.41, 5.74) is 4.27. The highest BCUT2D eigenvalue weighted by Gasteiger charge is 1.92. The molecule has 0 heterocycles. The maximum Gasteiger partial charge on any atom is -0.0373 e. The molecular formula is C10H18. The molecule has 0 spiro atoms. The Morgan fingerprint density at radius 3 is 1.90 bits per heavy atom. The van der Waals surface area contributed by atoms with Gasteiger partial charge in [-0.1, -0.05) is 24.1 Å². The van der Waals surface area contributed by atoms with Crippen molar-refractivity contribution in [2.45, 2.75) is 41.0 Å². The van der Waals surface area contributed by atoms with Crippen LogP contribution in [0.2, 0.25) is 0 Å². The minimum Gasteiger partial charge on any atom is -0.0816 e. The molecule has 0 rings (SSSR count). The Morgan fingerprint density at radius 1 is 1.10 bits per heavy atom. The summed E-state index contributed by atoms with van der Waals surface area (Å²) in [7, 11) is 0. The van der Waals surface area contributed by atoms with Crippen LogP contribution in [0.5, 0.6) is 0 Å². The van der Waals surface area contributed by atoms with Crippen LogP contribution in [0.1, 0.15) is 41.0 Å². The van der Waals surface area contributed by atoms with Gasteiger partial charge in [0.25, 0.3) is 0 Å². The van der Waals surface area contributed by atoms with Crippen molar-refractivity contribution in [2.24, 2.45) is 0 Å². The molecule has 58 valence electrons. The van der Waals surface area contributed by atoms with Gasteiger partial charge < -0.3 is 0 Å². The van der Waals surface area contributed by atoms with Gasteiger partial charge in [-0.2, -0.15) is 0 Å². The van der Waals surface area contributed by atoms with E-state index in [9.17, 15) is 0 Å². The maximum absolute atomic E-state index is 2.27. The summed E-state index contributed by atoms with van der Waals surface area (Å²) in [6.45, 7) is 10.8. The highest BCUT2D eigenvalue weighted by atomic mass is 14.0. The molecule has 0 aromatic rings. The van der Waals surface area contributed by atoms with Crippen molar-refractivity contribution in [1.29, 1.82) is 0 Å². The third kappa shape index (κ3) is 2.86. The zero-order valence-electron chi connectivity index (χ0n) is 7.78. The lowest BCUT2D eigenvalue weighted by Crippen LogP contribution is -1.81. The van der Waals surface area contributed by atoms with Crippen LogP contribution in [-0.4, -0.2) is 0 Å². The molecule has 0 atom stereocenters. The van der Waals surface area contributed by atoms with Gasteiger partial charge >= 0.3 is 0 Å². The molecule has 0 nitrogen and oxygen atoms in total. The standard InChI is InChI=1S/C10H18/c1-6-7-9(4)10(5)8(2)3/h7H,6H2,1-5H3/b9-7-. The van der Waals surface area contributed by atoms with Crippen molar-refractivity contribution in [1.82, 2.24) is 0 Å². The lowest BCUT2D eigenvalue weighted by atomic mass is 10.0. The van der Waals surface area contributed by atoms with Gasteiger partial charge in [0.1, 0.15) is 0 Å². The molecule has 0 aliphatic heterocycles. The average molecular weight is 138 g/mol. The number of hydrogen-bond donors (Lipinski definition) is 0. The van der Waals surface area contributed by atoms with Crippen LogP contribution in [0.15, 0.2) is 22.8 Å². The van der Waals surface area contributed by atoms with Crippen molar-refractivity contribution < 1.29 is 0 Å². The molecule has 0 aromatic carbocycles. The SMILES string of the molecule is CC/C=C(/C)C(C)=C(C)C. The van der Waals surface area contributed by atoms with E-state index in [4.69, 9.17) is 0 Å². The van der Waals surface area contributed by atoms with Crippen molar-refractivity contribution in [2.75, 3.05) is 0 Å². The Kier molecular flexibility index (Phi) is 4.10. The molecule has 0 aliphatic rings. The third-order valence-electron chi connectivity index (χ3n) is 1.85. The van der Waals surface area contributed by atoms with Crippen LogP contribution in [0.3, 0.4) is 0 Å². The molecule has 0 aromatic heterocycles. The number of rotatable bonds is 2. The third-order valence-corrected chi connectivity index (χ3v) is 1.85. The number of allylic oxidation sites excluding steroid dienone is 4. The minimum absolute atomic E-state index is 1.14. The average Bonchev–Trinajstić information content (AvgIpc) is 1.87. The van der Waals surface area contributed by atoms with E-state index in [0.717, 1.165) is 6.42 Å². The molecule has 0 bridgehead atoms. The van der Waals surface area contributed by atoms with E-state index in [1.54, 1.807) is 0 Å². The van der Waals surface area contributed by atoms with Crippen LogP contribution in [0.4, 0.5) is 0 Å². The molecule has 0 heteroatoms. The normalized spacial score (nSPS) is 11.5. The van der Waals surface area contributed by atoms with Gasteiger partial charge in [0.15, 0.2) is 0 Å². The zero-order valence-corrected chi connectivity index (χ0v) is 7.78. The van der Waals surface area contributed by atoms with Crippen LogP contribution in [0.25, 0.3) is 0 Å². The molecule has 0 N–H and O–H groups in total. The summed E-state index contributed by atoms with van der Waals surface area (Å²) < 4.78 is 0. The summed E-state index contributed by atoms with van der Waals surface area (Å²) in [5.74, 6) is 0. The zero-order chi connectivity index (χ0) is 8.15. The first kappa shape index (κ1) is 9.48. The van der Waals surface area contributed by atoms with Gasteiger partial charge in [0.05, 0.1) is 0 Å². The molecule has 0 aliphatic carbocycles. The molecular weight excluding hydrogens is 120 g/mol. The van der Waals surface area contributed by atoms with Gasteiger partial charge in [-0.25, -0.2) is 0 Å². The van der Waals surface area contributed by atoms with Gasteiger partial charge in [0, 0.05) is 0 Å². The van der Waals surface area contributed by atoms with E-state index in [-0.39, 0.29) is 0 Å². The summed E-state index contributed by atoms with van der Waals surface area (Å²) in [6.07, 6.45) is 3.40. The highest BCUT2D eigenvalue weighted by Crippen LogP contribution is 2.13. The predicted molar refractivity (Wildman–Crippen MR) is 48.1 cm³/mol. The summed E-state index contributed by atoms with van der Waals surface area (Å²) in [5, 5.41) is 0. The Bertz CT molecular complexity index is 155. The van der Waals surface area contributed by atoms with E-state index >= 15 is 0 Å². The van der Waals surface area contributed by atoms with E-state index < -0.39 is 0 Å². The molecule has 0 saturated carbocycles. The second kappa shape index (κ2) is 4.32. The first-order valence-corrected chi connectivity index (χ1v) is 3.90. The first-order valence-electron chi connectivity index (χ1n) is 3.90. The van der Waals surface area contributed by atoms with E-state index in [0.29, 0.717) is 0 Å². The Balaban J connectivity index is 4.36. The fourth-order valence-electron chi connectivity index (χ4n) is 0.854. The van der Waals surface area contributed by atoms with Gasteiger partial charge in [-0.05, 0) is 39.7 Å². The number of hydrogen-bond acceptors (Lipinski definition) is 0. The van der Waals surface area contributed by atoms with E-state index in [1.807, 2.05) is 0 Å². The van der Waals surface area contributed by atoms with E-state index in [2.05, 4.69) is 40.7 Å². The highest BCUT2D eigenvalue weighted by molar-refractivity contribution is 5.30. The van der Waals surface area contributed by atoms with Crippen LogP contribution in [-0.2, 0) is 0 Å². The maximum atomic E-state index is 2.27. The van der Waals surface area contributed by atoms with Crippen LogP contribution < -0.4 is 0 Å². The van der Waals surface area contributed by atoms with Crippen LogP contribution >= 0.6 is 0 Å². The van der Waals surface area contributed by atoms with Crippen molar-refractivity contribution in [3.8, 4) is 0 Å². The Labute approximate surface area is 64.6 Å². The molecule has 10 heavy (non-hydrogen) atoms. The summed E-state index contributed by atoms with van der Waals surface area (Å²) in [4.78, 5) is 0. The first-order chi connectivity index (χ1) is 4.59. The lowest BCUT2D eigenvalue weighted by Gasteiger charge is -2.02. The molecule has 0 unspecified atom stereocenters. The Hall–Kier alpha value is -0.520. The molecule has 0 fully saturated rings.